The molecule has 3 amide bonds. The van der Waals surface area contributed by atoms with Crippen LogP contribution in [0.2, 0.25) is 0 Å². The fraction of sp³-hybridized carbons (Fsp3) is 0.286. The summed E-state index contributed by atoms with van der Waals surface area (Å²) in [6, 6.07) is 13.3. The SMILES string of the molecule is O=C(CCNC(=O)c1ccccc1)NCCCc1ccc(N2CC(=O)NS2(=O)=O)c(O)c1. The summed E-state index contributed by atoms with van der Waals surface area (Å²) in [7, 11) is -3.98. The highest BCUT2D eigenvalue weighted by Gasteiger charge is 2.35. The third-order valence-electron chi connectivity index (χ3n) is 4.77. The van der Waals surface area contributed by atoms with Gasteiger partial charge in [0.05, 0.1) is 5.69 Å². The molecular formula is C21H24N4O6S. The first kappa shape index (κ1) is 23.1. The minimum Gasteiger partial charge on any atom is -0.506 e. The number of carbonyl (C=O) groups excluding carboxylic acids is 3. The number of aryl methyl sites for hydroxylation is 1. The van der Waals surface area contributed by atoms with Crippen molar-refractivity contribution in [3.63, 3.8) is 0 Å². The number of nitrogens with zero attached hydrogens (tertiary/aromatic N) is 1. The number of aromatic hydroxyl groups is 1. The van der Waals surface area contributed by atoms with Crippen LogP contribution in [0, 0.1) is 0 Å². The van der Waals surface area contributed by atoms with Crippen molar-refractivity contribution >= 4 is 33.6 Å². The van der Waals surface area contributed by atoms with Crippen LogP contribution < -0.4 is 19.7 Å². The number of phenolic OH excluding ortho intramolecular Hbond substituents is 1. The largest absolute Gasteiger partial charge is 0.506 e. The van der Waals surface area contributed by atoms with Gasteiger partial charge < -0.3 is 15.7 Å². The Bertz CT molecular complexity index is 1100. The van der Waals surface area contributed by atoms with Gasteiger partial charge in [-0.1, -0.05) is 24.3 Å². The van der Waals surface area contributed by atoms with Crippen molar-refractivity contribution in [1.29, 1.82) is 0 Å². The van der Waals surface area contributed by atoms with Gasteiger partial charge >= 0.3 is 10.2 Å². The number of benzene rings is 2. The van der Waals surface area contributed by atoms with Crippen LogP contribution in [0.4, 0.5) is 5.69 Å². The molecule has 0 spiro atoms. The van der Waals surface area contributed by atoms with Gasteiger partial charge in [-0.05, 0) is 42.7 Å². The predicted octanol–water partition coefficient (Wildman–Crippen LogP) is 0.442. The number of carbonyl (C=O) groups is 3. The van der Waals surface area contributed by atoms with Gasteiger partial charge in [0, 0.05) is 25.1 Å². The number of hydrogen-bond acceptors (Lipinski definition) is 6. The quantitative estimate of drug-likeness (QED) is 0.400. The Morgan fingerprint density at radius 2 is 1.81 bits per heavy atom. The molecule has 1 fully saturated rings. The van der Waals surface area contributed by atoms with E-state index in [1.807, 2.05) is 10.8 Å². The van der Waals surface area contributed by atoms with Gasteiger partial charge in [-0.2, -0.15) is 8.42 Å². The molecule has 1 saturated heterocycles. The summed E-state index contributed by atoms with van der Waals surface area (Å²) in [4.78, 5) is 35.2. The molecule has 170 valence electrons. The van der Waals surface area contributed by atoms with Crippen molar-refractivity contribution in [3.8, 4) is 5.75 Å². The van der Waals surface area contributed by atoms with Gasteiger partial charge in [0.15, 0.2) is 0 Å². The number of amides is 3. The molecule has 0 aromatic heterocycles. The fourth-order valence-corrected chi connectivity index (χ4v) is 4.35. The van der Waals surface area contributed by atoms with Gasteiger partial charge in [-0.25, -0.2) is 9.03 Å². The van der Waals surface area contributed by atoms with Crippen molar-refractivity contribution in [2.75, 3.05) is 23.9 Å². The maximum absolute atomic E-state index is 11.9. The van der Waals surface area contributed by atoms with Crippen LogP contribution in [-0.2, 0) is 26.2 Å². The Balaban J connectivity index is 1.38. The second kappa shape index (κ2) is 10.1. The van der Waals surface area contributed by atoms with Gasteiger partial charge in [-0.15, -0.1) is 0 Å². The minimum absolute atomic E-state index is 0.0259. The summed E-state index contributed by atoms with van der Waals surface area (Å²) in [6.45, 7) is 0.256. The van der Waals surface area contributed by atoms with Crippen LogP contribution >= 0.6 is 0 Å². The maximum Gasteiger partial charge on any atom is 0.326 e. The topological polar surface area (TPSA) is 145 Å². The van der Waals surface area contributed by atoms with Gasteiger partial charge in [-0.3, -0.25) is 14.4 Å². The molecule has 0 unspecified atom stereocenters. The van der Waals surface area contributed by atoms with E-state index in [0.29, 0.717) is 24.9 Å². The third kappa shape index (κ3) is 5.97. The number of nitrogens with one attached hydrogen (secondary N) is 3. The van der Waals surface area contributed by atoms with E-state index in [4.69, 9.17) is 0 Å². The Hall–Kier alpha value is -3.60. The van der Waals surface area contributed by atoms with Crippen molar-refractivity contribution in [3.05, 3.63) is 59.7 Å². The lowest BCUT2D eigenvalue weighted by Crippen LogP contribution is -2.31. The van der Waals surface area contributed by atoms with E-state index >= 15 is 0 Å². The Morgan fingerprint density at radius 1 is 1.06 bits per heavy atom. The zero-order valence-corrected chi connectivity index (χ0v) is 18.0. The highest BCUT2D eigenvalue weighted by molar-refractivity contribution is 7.92. The molecule has 2 aromatic carbocycles. The first-order chi connectivity index (χ1) is 15.3. The van der Waals surface area contributed by atoms with Crippen molar-refractivity contribution in [2.24, 2.45) is 0 Å². The summed E-state index contributed by atoms with van der Waals surface area (Å²) in [5.74, 6) is -1.33. The maximum atomic E-state index is 11.9. The average Bonchev–Trinajstić information content (AvgIpc) is 3.03. The van der Waals surface area contributed by atoms with Crippen molar-refractivity contribution < 1.29 is 27.9 Å². The van der Waals surface area contributed by atoms with Crippen LogP contribution in [0.1, 0.15) is 28.8 Å². The summed E-state index contributed by atoms with van der Waals surface area (Å²) >= 11 is 0. The van der Waals surface area contributed by atoms with E-state index in [1.54, 1.807) is 30.3 Å². The van der Waals surface area contributed by atoms with Crippen LogP contribution in [0.3, 0.4) is 0 Å². The normalized spacial score (nSPS) is 14.6. The van der Waals surface area contributed by atoms with Gasteiger partial charge in [0.1, 0.15) is 12.3 Å². The molecule has 1 aliphatic heterocycles. The Morgan fingerprint density at radius 3 is 2.47 bits per heavy atom. The molecule has 0 aliphatic carbocycles. The molecule has 0 atom stereocenters. The van der Waals surface area contributed by atoms with E-state index in [-0.39, 0.29) is 42.8 Å². The fourth-order valence-electron chi connectivity index (χ4n) is 3.19. The minimum atomic E-state index is -3.98. The van der Waals surface area contributed by atoms with Crippen LogP contribution in [0.15, 0.2) is 48.5 Å². The van der Waals surface area contributed by atoms with E-state index < -0.39 is 16.1 Å². The van der Waals surface area contributed by atoms with Gasteiger partial charge in [0.25, 0.3) is 11.8 Å². The lowest BCUT2D eigenvalue weighted by Gasteiger charge is -2.16. The second-order valence-corrected chi connectivity index (χ2v) is 8.78. The Labute approximate surface area is 185 Å². The lowest BCUT2D eigenvalue weighted by molar-refractivity contribution is -0.121. The number of rotatable bonds is 9. The summed E-state index contributed by atoms with van der Waals surface area (Å²) < 4.78 is 26.4. The first-order valence-electron chi connectivity index (χ1n) is 10.0. The number of anilines is 1. The second-order valence-electron chi connectivity index (χ2n) is 7.19. The molecule has 1 heterocycles. The average molecular weight is 461 g/mol. The van der Waals surface area contributed by atoms with Crippen molar-refractivity contribution in [1.82, 2.24) is 15.4 Å². The molecule has 2 aromatic rings. The number of phenols is 1. The zero-order chi connectivity index (χ0) is 23.1. The highest BCUT2D eigenvalue weighted by atomic mass is 32.2. The molecule has 11 heteroatoms. The smallest absolute Gasteiger partial charge is 0.326 e. The molecule has 0 radical (unpaired) electrons. The number of hydrogen-bond donors (Lipinski definition) is 4. The summed E-state index contributed by atoms with van der Waals surface area (Å²) in [5.41, 5.74) is 1.32. The standard InChI is InChI=1S/C21H24N4O6S/c26-18-13-15(8-9-17(18)25-14-20(28)24-32(25,30)31)5-4-11-22-19(27)10-12-23-21(29)16-6-2-1-3-7-16/h1-3,6-9,13,26H,4-5,10-12,14H2,(H,22,27)(H,23,29)(H,24,28). The molecule has 10 nitrogen and oxygen atoms in total. The molecule has 0 saturated carbocycles. The Kier molecular flexibility index (Phi) is 7.31. The van der Waals surface area contributed by atoms with Crippen molar-refractivity contribution in [2.45, 2.75) is 19.3 Å². The van der Waals surface area contributed by atoms with E-state index in [0.717, 1.165) is 9.87 Å². The molecule has 0 bridgehead atoms. The van der Waals surface area contributed by atoms with Crippen LogP contribution in [0.5, 0.6) is 5.75 Å². The molecule has 3 rings (SSSR count). The van der Waals surface area contributed by atoms with Crippen LogP contribution in [0.25, 0.3) is 0 Å². The monoisotopic (exact) mass is 460 g/mol. The summed E-state index contributed by atoms with van der Waals surface area (Å²) in [5, 5.41) is 15.6. The van der Waals surface area contributed by atoms with E-state index in [9.17, 15) is 27.9 Å². The molecular weight excluding hydrogens is 436 g/mol. The van der Waals surface area contributed by atoms with Gasteiger partial charge in [0.2, 0.25) is 5.91 Å². The highest BCUT2D eigenvalue weighted by Crippen LogP contribution is 2.31. The molecule has 4 N–H and O–H groups in total. The summed E-state index contributed by atoms with van der Waals surface area (Å²) in [6.07, 6.45) is 1.30. The third-order valence-corrected chi connectivity index (χ3v) is 6.16. The molecule has 1 aliphatic rings. The van der Waals surface area contributed by atoms with E-state index in [1.165, 1.54) is 12.1 Å². The van der Waals surface area contributed by atoms with Crippen LogP contribution in [-0.4, -0.2) is 50.9 Å². The van der Waals surface area contributed by atoms with E-state index in [2.05, 4.69) is 10.6 Å². The first-order valence-corrected chi connectivity index (χ1v) is 11.5. The predicted molar refractivity (Wildman–Crippen MR) is 117 cm³/mol. The lowest BCUT2D eigenvalue weighted by atomic mass is 10.1. The zero-order valence-electron chi connectivity index (χ0n) is 17.2. The molecule has 32 heavy (non-hydrogen) atoms.